The number of likely N-dealkylation sites (tertiary alicyclic amines) is 1. The molecule has 166 valence electrons. The molecule has 1 N–H and O–H groups in total. The van der Waals surface area contributed by atoms with Gasteiger partial charge in [0.2, 0.25) is 10.0 Å². The van der Waals surface area contributed by atoms with Gasteiger partial charge in [0, 0.05) is 32.7 Å². The number of amides is 1. The zero-order valence-electron chi connectivity index (χ0n) is 17.6. The van der Waals surface area contributed by atoms with Gasteiger partial charge in [-0.2, -0.15) is 4.31 Å². The van der Waals surface area contributed by atoms with Crippen LogP contribution in [0.15, 0.2) is 4.79 Å². The van der Waals surface area contributed by atoms with Crippen molar-refractivity contribution in [2.24, 2.45) is 0 Å². The average Bonchev–Trinajstić information content (AvgIpc) is 3.27. The van der Waals surface area contributed by atoms with E-state index in [1.165, 1.54) is 4.31 Å². The SMILES string of the molecule is CC(C)S(=O)(=O)N1CCc2nc([C@H]3CCCCN3C(=O)[C@H]3CCCO3)[nH]c(=O)c2C1. The second kappa shape index (κ2) is 8.39. The highest BCUT2D eigenvalue weighted by atomic mass is 32.2. The average molecular weight is 439 g/mol. The number of nitrogens with zero attached hydrogens (tertiary/aromatic N) is 3. The standard InChI is InChI=1S/C20H30N4O5S/c1-13(2)30(27,28)23-10-8-15-14(12-23)19(25)22-18(21-15)16-6-3-4-9-24(16)20(26)17-7-5-11-29-17/h13,16-17H,3-12H2,1-2H3,(H,21,22,25)/t16-,17-/m1/s1. The summed E-state index contributed by atoms with van der Waals surface area (Å²) in [6.45, 7) is 4.87. The van der Waals surface area contributed by atoms with Crippen molar-refractivity contribution in [3.8, 4) is 0 Å². The second-order valence-corrected chi connectivity index (χ2v) is 11.1. The van der Waals surface area contributed by atoms with Crippen LogP contribution >= 0.6 is 0 Å². The molecule has 2 atom stereocenters. The molecule has 4 rings (SSSR count). The summed E-state index contributed by atoms with van der Waals surface area (Å²) in [5.41, 5.74) is 0.731. The number of sulfonamides is 1. The highest BCUT2D eigenvalue weighted by Gasteiger charge is 2.37. The number of H-pyrrole nitrogens is 1. The number of hydrogen-bond acceptors (Lipinski definition) is 6. The molecular formula is C20H30N4O5S. The van der Waals surface area contributed by atoms with Crippen molar-refractivity contribution in [1.29, 1.82) is 0 Å². The molecule has 30 heavy (non-hydrogen) atoms. The lowest BCUT2D eigenvalue weighted by Gasteiger charge is -2.37. The summed E-state index contributed by atoms with van der Waals surface area (Å²) >= 11 is 0. The predicted molar refractivity (Wildman–Crippen MR) is 110 cm³/mol. The van der Waals surface area contributed by atoms with Gasteiger partial charge in [-0.1, -0.05) is 0 Å². The summed E-state index contributed by atoms with van der Waals surface area (Å²) in [5.74, 6) is 0.483. The Labute approximate surface area is 176 Å². The fourth-order valence-corrected chi connectivity index (χ4v) is 5.78. The minimum Gasteiger partial charge on any atom is -0.368 e. The number of carbonyl (C=O) groups is 1. The fourth-order valence-electron chi connectivity index (χ4n) is 4.53. The van der Waals surface area contributed by atoms with Gasteiger partial charge < -0.3 is 14.6 Å². The third kappa shape index (κ3) is 3.92. The maximum atomic E-state index is 13.0. The highest BCUT2D eigenvalue weighted by molar-refractivity contribution is 7.89. The quantitative estimate of drug-likeness (QED) is 0.753. The molecule has 0 saturated carbocycles. The van der Waals surface area contributed by atoms with Crippen molar-refractivity contribution in [2.45, 2.75) is 76.3 Å². The van der Waals surface area contributed by atoms with Gasteiger partial charge in [-0.05, 0) is 46.0 Å². The van der Waals surface area contributed by atoms with Crippen LogP contribution in [0, 0.1) is 0 Å². The molecule has 0 unspecified atom stereocenters. The number of fused-ring (bicyclic) bond motifs is 1. The van der Waals surface area contributed by atoms with Crippen molar-refractivity contribution in [2.75, 3.05) is 19.7 Å². The van der Waals surface area contributed by atoms with Crippen molar-refractivity contribution in [3.05, 3.63) is 27.4 Å². The van der Waals surface area contributed by atoms with Gasteiger partial charge in [-0.25, -0.2) is 13.4 Å². The molecule has 10 heteroatoms. The first-order valence-electron chi connectivity index (χ1n) is 10.8. The molecule has 0 spiro atoms. The molecule has 1 aromatic heterocycles. The second-order valence-electron chi connectivity index (χ2n) is 8.60. The van der Waals surface area contributed by atoms with E-state index in [-0.39, 0.29) is 24.1 Å². The Balaban J connectivity index is 1.61. The third-order valence-corrected chi connectivity index (χ3v) is 8.54. The van der Waals surface area contributed by atoms with Crippen LogP contribution in [0.4, 0.5) is 0 Å². The van der Waals surface area contributed by atoms with Crippen LogP contribution in [0.2, 0.25) is 0 Å². The Morgan fingerprint density at radius 1 is 1.20 bits per heavy atom. The zero-order valence-corrected chi connectivity index (χ0v) is 18.4. The number of nitrogens with one attached hydrogen (secondary N) is 1. The molecule has 0 bridgehead atoms. The van der Waals surface area contributed by atoms with Crippen molar-refractivity contribution in [3.63, 3.8) is 0 Å². The lowest BCUT2D eigenvalue weighted by Crippen LogP contribution is -2.46. The molecule has 3 aliphatic rings. The third-order valence-electron chi connectivity index (χ3n) is 6.31. The highest BCUT2D eigenvalue weighted by Crippen LogP contribution is 2.31. The first kappa shape index (κ1) is 21.5. The van der Waals surface area contributed by atoms with Gasteiger partial charge in [0.25, 0.3) is 11.5 Å². The van der Waals surface area contributed by atoms with E-state index < -0.39 is 21.4 Å². The molecule has 0 aliphatic carbocycles. The van der Waals surface area contributed by atoms with Gasteiger partial charge >= 0.3 is 0 Å². The molecular weight excluding hydrogens is 408 g/mol. The summed E-state index contributed by atoms with van der Waals surface area (Å²) in [6, 6.07) is -0.272. The molecule has 1 amide bonds. The van der Waals surface area contributed by atoms with Gasteiger partial charge in [0.05, 0.1) is 22.5 Å². The summed E-state index contributed by atoms with van der Waals surface area (Å²) in [5, 5.41) is -0.537. The maximum Gasteiger partial charge on any atom is 0.255 e. The molecule has 0 aromatic carbocycles. The van der Waals surface area contributed by atoms with Crippen LogP contribution in [-0.4, -0.2) is 64.5 Å². The van der Waals surface area contributed by atoms with E-state index in [0.717, 1.165) is 32.1 Å². The van der Waals surface area contributed by atoms with Crippen LogP contribution in [0.3, 0.4) is 0 Å². The Morgan fingerprint density at radius 2 is 2.00 bits per heavy atom. The van der Waals surface area contributed by atoms with Crippen LogP contribution in [0.1, 0.15) is 69.1 Å². The first-order valence-corrected chi connectivity index (χ1v) is 12.3. The Hall–Kier alpha value is -1.78. The normalized spacial score (nSPS) is 25.5. The van der Waals surface area contributed by atoms with E-state index >= 15 is 0 Å². The molecule has 4 heterocycles. The monoisotopic (exact) mass is 438 g/mol. The van der Waals surface area contributed by atoms with Crippen LogP contribution in [0.25, 0.3) is 0 Å². The smallest absolute Gasteiger partial charge is 0.255 e. The number of carbonyl (C=O) groups excluding carboxylic acids is 1. The minimum absolute atomic E-state index is 0.0215. The van der Waals surface area contributed by atoms with Gasteiger partial charge in [0.15, 0.2) is 0 Å². The Kier molecular flexibility index (Phi) is 6.00. The first-order chi connectivity index (χ1) is 14.3. The van der Waals surface area contributed by atoms with E-state index in [1.807, 2.05) is 4.90 Å². The lowest BCUT2D eigenvalue weighted by atomic mass is 9.99. The van der Waals surface area contributed by atoms with Crippen LogP contribution in [0.5, 0.6) is 0 Å². The summed E-state index contributed by atoms with van der Waals surface area (Å²) in [7, 11) is -3.43. The molecule has 9 nitrogen and oxygen atoms in total. The number of ether oxygens (including phenoxy) is 1. The lowest BCUT2D eigenvalue weighted by molar-refractivity contribution is -0.145. The number of piperidine rings is 1. The van der Waals surface area contributed by atoms with Crippen molar-refractivity contribution >= 4 is 15.9 Å². The topological polar surface area (TPSA) is 113 Å². The number of rotatable bonds is 4. The van der Waals surface area contributed by atoms with Crippen molar-refractivity contribution < 1.29 is 17.9 Å². The van der Waals surface area contributed by atoms with E-state index in [0.29, 0.717) is 43.2 Å². The molecule has 3 aliphatic heterocycles. The van der Waals surface area contributed by atoms with Gasteiger partial charge in [0.1, 0.15) is 11.9 Å². The zero-order chi connectivity index (χ0) is 21.5. The largest absolute Gasteiger partial charge is 0.368 e. The van der Waals surface area contributed by atoms with E-state index in [9.17, 15) is 18.0 Å². The maximum absolute atomic E-state index is 13.0. The molecule has 0 radical (unpaired) electrons. The summed E-state index contributed by atoms with van der Waals surface area (Å²) in [6.07, 6.45) is 4.24. The number of hydrogen-bond donors (Lipinski definition) is 1. The van der Waals surface area contributed by atoms with Gasteiger partial charge in [-0.15, -0.1) is 0 Å². The van der Waals surface area contributed by atoms with E-state index in [2.05, 4.69) is 4.98 Å². The summed E-state index contributed by atoms with van der Waals surface area (Å²) in [4.78, 5) is 35.2. The Morgan fingerprint density at radius 3 is 2.70 bits per heavy atom. The van der Waals surface area contributed by atoms with Crippen LogP contribution < -0.4 is 5.56 Å². The van der Waals surface area contributed by atoms with E-state index in [4.69, 9.17) is 9.72 Å². The van der Waals surface area contributed by atoms with E-state index in [1.54, 1.807) is 13.8 Å². The predicted octanol–water partition coefficient (Wildman–Crippen LogP) is 1.10. The van der Waals surface area contributed by atoms with Crippen LogP contribution in [-0.2, 0) is 32.5 Å². The molecule has 1 aromatic rings. The molecule has 2 fully saturated rings. The summed E-state index contributed by atoms with van der Waals surface area (Å²) < 4.78 is 32.0. The number of aromatic amines is 1. The molecule has 2 saturated heterocycles. The Bertz CT molecular complexity index is 968. The minimum atomic E-state index is -3.43. The van der Waals surface area contributed by atoms with Crippen molar-refractivity contribution in [1.82, 2.24) is 19.2 Å². The number of aromatic nitrogens is 2. The fraction of sp³-hybridized carbons (Fsp3) is 0.750. The van der Waals surface area contributed by atoms with Gasteiger partial charge in [-0.3, -0.25) is 9.59 Å².